The lowest BCUT2D eigenvalue weighted by atomic mass is 10.3. The maximum atomic E-state index is 11.8. The van der Waals surface area contributed by atoms with E-state index < -0.39 is 6.10 Å². The molecule has 1 atom stereocenters. The predicted molar refractivity (Wildman–Crippen MR) is 98.5 cm³/mol. The molecule has 0 radical (unpaired) electrons. The van der Waals surface area contributed by atoms with E-state index in [0.29, 0.717) is 18.0 Å². The monoisotopic (exact) mass is 346 g/mol. The summed E-state index contributed by atoms with van der Waals surface area (Å²) in [6.45, 7) is 0.776. The smallest absolute Gasteiger partial charge is 0.248 e. The third kappa shape index (κ3) is 6.54. The standard InChI is InChI=1S/C18H22N2O3S/c1-20(2)12-15(21)13-23-16-7-5-14(6-8-16)19-18(22)10-9-17-4-3-11-24-17/h3-11,15,21H,12-13H2,1-2H3,(H,19,22)/b10-9+. The number of aliphatic hydroxyl groups is 1. The summed E-state index contributed by atoms with van der Waals surface area (Å²) >= 11 is 1.58. The lowest BCUT2D eigenvalue weighted by Crippen LogP contribution is -2.30. The molecule has 0 fully saturated rings. The van der Waals surface area contributed by atoms with Gasteiger partial charge in [-0.3, -0.25) is 4.79 Å². The van der Waals surface area contributed by atoms with Crippen molar-refractivity contribution in [3.63, 3.8) is 0 Å². The highest BCUT2D eigenvalue weighted by Gasteiger charge is 2.06. The molecule has 1 heterocycles. The van der Waals surface area contributed by atoms with Crippen LogP contribution in [-0.2, 0) is 4.79 Å². The Hall–Kier alpha value is -2.15. The first-order chi connectivity index (χ1) is 11.5. The average molecular weight is 346 g/mol. The first-order valence-electron chi connectivity index (χ1n) is 7.61. The topological polar surface area (TPSA) is 61.8 Å². The van der Waals surface area contributed by atoms with Crippen molar-refractivity contribution in [2.24, 2.45) is 0 Å². The Morgan fingerprint density at radius 1 is 1.33 bits per heavy atom. The van der Waals surface area contributed by atoms with Gasteiger partial charge in [0, 0.05) is 23.2 Å². The largest absolute Gasteiger partial charge is 0.491 e. The molecule has 2 aromatic rings. The van der Waals surface area contributed by atoms with Crippen molar-refractivity contribution in [2.45, 2.75) is 6.10 Å². The van der Waals surface area contributed by atoms with Gasteiger partial charge >= 0.3 is 0 Å². The van der Waals surface area contributed by atoms with E-state index >= 15 is 0 Å². The van der Waals surface area contributed by atoms with Gasteiger partial charge < -0.3 is 20.1 Å². The van der Waals surface area contributed by atoms with Gasteiger partial charge in [0.25, 0.3) is 0 Å². The van der Waals surface area contributed by atoms with E-state index in [1.165, 1.54) is 6.08 Å². The number of hydrogen-bond acceptors (Lipinski definition) is 5. The van der Waals surface area contributed by atoms with E-state index in [-0.39, 0.29) is 12.5 Å². The van der Waals surface area contributed by atoms with E-state index in [0.717, 1.165) is 4.88 Å². The number of hydrogen-bond donors (Lipinski definition) is 2. The third-order valence-electron chi connectivity index (χ3n) is 3.08. The minimum atomic E-state index is -0.540. The van der Waals surface area contributed by atoms with Crippen molar-refractivity contribution in [1.82, 2.24) is 4.90 Å². The molecule has 24 heavy (non-hydrogen) atoms. The van der Waals surface area contributed by atoms with Gasteiger partial charge in [0.2, 0.25) is 5.91 Å². The lowest BCUT2D eigenvalue weighted by molar-refractivity contribution is -0.111. The van der Waals surface area contributed by atoms with Crippen molar-refractivity contribution in [3.05, 3.63) is 52.7 Å². The summed E-state index contributed by atoms with van der Waals surface area (Å²) in [5.41, 5.74) is 0.692. The van der Waals surface area contributed by atoms with E-state index in [1.54, 1.807) is 41.7 Å². The fraction of sp³-hybridized carbons (Fsp3) is 0.278. The first-order valence-corrected chi connectivity index (χ1v) is 8.49. The second-order valence-electron chi connectivity index (χ2n) is 5.59. The van der Waals surface area contributed by atoms with Gasteiger partial charge in [0.1, 0.15) is 18.5 Å². The quantitative estimate of drug-likeness (QED) is 0.722. The van der Waals surface area contributed by atoms with Crippen LogP contribution in [0, 0.1) is 0 Å². The Morgan fingerprint density at radius 2 is 2.08 bits per heavy atom. The Bertz CT molecular complexity index is 651. The SMILES string of the molecule is CN(C)CC(O)COc1ccc(NC(=O)/C=C/c2cccs2)cc1. The number of amides is 1. The maximum Gasteiger partial charge on any atom is 0.248 e. The summed E-state index contributed by atoms with van der Waals surface area (Å²) in [4.78, 5) is 14.8. The van der Waals surface area contributed by atoms with Crippen LogP contribution < -0.4 is 10.1 Å². The van der Waals surface area contributed by atoms with E-state index in [2.05, 4.69) is 5.32 Å². The molecule has 2 rings (SSSR count). The molecule has 1 aromatic heterocycles. The highest BCUT2D eigenvalue weighted by Crippen LogP contribution is 2.16. The summed E-state index contributed by atoms with van der Waals surface area (Å²) in [5, 5.41) is 14.5. The summed E-state index contributed by atoms with van der Waals surface area (Å²) in [6.07, 6.45) is 2.75. The van der Waals surface area contributed by atoms with E-state index in [9.17, 15) is 9.90 Å². The zero-order chi connectivity index (χ0) is 17.4. The summed E-state index contributed by atoms with van der Waals surface area (Å²) in [6, 6.07) is 11.0. The lowest BCUT2D eigenvalue weighted by Gasteiger charge is -2.16. The number of carbonyl (C=O) groups is 1. The zero-order valence-corrected chi connectivity index (χ0v) is 14.6. The van der Waals surface area contributed by atoms with Crippen molar-refractivity contribution in [2.75, 3.05) is 32.6 Å². The van der Waals surface area contributed by atoms with Gasteiger partial charge in [-0.05, 0) is 55.9 Å². The number of nitrogens with one attached hydrogen (secondary N) is 1. The maximum absolute atomic E-state index is 11.8. The van der Waals surface area contributed by atoms with Crippen LogP contribution in [0.5, 0.6) is 5.75 Å². The normalized spacial score (nSPS) is 12.5. The van der Waals surface area contributed by atoms with Crippen molar-refractivity contribution < 1.29 is 14.6 Å². The molecule has 1 aromatic carbocycles. The molecule has 1 unspecified atom stereocenters. The number of carbonyl (C=O) groups excluding carboxylic acids is 1. The molecule has 6 heteroatoms. The molecular weight excluding hydrogens is 324 g/mol. The highest BCUT2D eigenvalue weighted by atomic mass is 32.1. The van der Waals surface area contributed by atoms with Crippen LogP contribution in [-0.4, -0.2) is 49.3 Å². The number of benzene rings is 1. The number of thiophene rings is 1. The van der Waals surface area contributed by atoms with Gasteiger partial charge in [-0.2, -0.15) is 0 Å². The van der Waals surface area contributed by atoms with Gasteiger partial charge in [-0.1, -0.05) is 6.07 Å². The Labute approximate surface area is 146 Å². The average Bonchev–Trinajstić information content (AvgIpc) is 3.05. The molecular formula is C18H22N2O3S. The van der Waals surface area contributed by atoms with Crippen molar-refractivity contribution >= 4 is 29.0 Å². The molecule has 0 aliphatic rings. The number of aliphatic hydroxyl groups excluding tert-OH is 1. The predicted octanol–water partition coefficient (Wildman–Crippen LogP) is 2.70. The second-order valence-corrected chi connectivity index (χ2v) is 6.57. The van der Waals surface area contributed by atoms with Crippen LogP contribution in [0.1, 0.15) is 4.88 Å². The molecule has 1 amide bonds. The highest BCUT2D eigenvalue weighted by molar-refractivity contribution is 7.10. The first kappa shape index (κ1) is 18.2. The fourth-order valence-electron chi connectivity index (χ4n) is 2.03. The number of ether oxygens (including phenoxy) is 1. The van der Waals surface area contributed by atoms with Gasteiger partial charge in [-0.15, -0.1) is 11.3 Å². The second kappa shape index (κ2) is 9.22. The van der Waals surface area contributed by atoms with Crippen molar-refractivity contribution in [3.8, 4) is 5.75 Å². The molecule has 0 bridgehead atoms. The summed E-state index contributed by atoms with van der Waals surface area (Å²) < 4.78 is 5.52. The van der Waals surface area contributed by atoms with E-state index in [1.807, 2.05) is 36.5 Å². The fourth-order valence-corrected chi connectivity index (χ4v) is 2.65. The van der Waals surface area contributed by atoms with E-state index in [4.69, 9.17) is 4.74 Å². The summed E-state index contributed by atoms with van der Waals surface area (Å²) in [7, 11) is 3.79. The van der Waals surface area contributed by atoms with Crippen LogP contribution in [0.4, 0.5) is 5.69 Å². The number of anilines is 1. The Kier molecular flexibility index (Phi) is 6.99. The van der Waals surface area contributed by atoms with Gasteiger partial charge in [0.15, 0.2) is 0 Å². The van der Waals surface area contributed by atoms with Crippen LogP contribution in [0.25, 0.3) is 6.08 Å². The molecule has 0 spiro atoms. The van der Waals surface area contributed by atoms with Gasteiger partial charge in [0.05, 0.1) is 0 Å². The molecule has 128 valence electrons. The minimum Gasteiger partial charge on any atom is -0.491 e. The number of nitrogens with zero attached hydrogens (tertiary/aromatic N) is 1. The van der Waals surface area contributed by atoms with Crippen LogP contribution in [0.3, 0.4) is 0 Å². The van der Waals surface area contributed by atoms with Crippen molar-refractivity contribution in [1.29, 1.82) is 0 Å². The molecule has 0 saturated carbocycles. The minimum absolute atomic E-state index is 0.182. The molecule has 5 nitrogen and oxygen atoms in total. The van der Waals surface area contributed by atoms with Crippen LogP contribution in [0.2, 0.25) is 0 Å². The zero-order valence-electron chi connectivity index (χ0n) is 13.8. The molecule has 0 saturated heterocycles. The molecule has 0 aliphatic carbocycles. The van der Waals surface area contributed by atoms with Crippen LogP contribution >= 0.6 is 11.3 Å². The van der Waals surface area contributed by atoms with Crippen LogP contribution in [0.15, 0.2) is 47.9 Å². The van der Waals surface area contributed by atoms with Gasteiger partial charge in [-0.25, -0.2) is 0 Å². The molecule has 2 N–H and O–H groups in total. The molecule has 0 aliphatic heterocycles. The number of likely N-dealkylation sites (N-methyl/N-ethyl adjacent to an activating group) is 1. The number of rotatable bonds is 8. The third-order valence-corrected chi connectivity index (χ3v) is 3.92. The summed E-state index contributed by atoms with van der Waals surface area (Å²) in [5.74, 6) is 0.471. The Balaban J connectivity index is 1.80. The Morgan fingerprint density at radius 3 is 2.71 bits per heavy atom.